The van der Waals surface area contributed by atoms with E-state index in [1.54, 1.807) is 12.1 Å². The molecule has 0 aliphatic heterocycles. The van der Waals surface area contributed by atoms with Gasteiger partial charge in [0.05, 0.1) is 19.3 Å². The van der Waals surface area contributed by atoms with Crippen molar-refractivity contribution in [3.63, 3.8) is 0 Å². The van der Waals surface area contributed by atoms with E-state index in [4.69, 9.17) is 30.5 Å². The highest BCUT2D eigenvalue weighted by Crippen LogP contribution is 2.34. The maximum Gasteiger partial charge on any atom is 0.306 e. The lowest BCUT2D eigenvalue weighted by atomic mass is 10.0. The maximum atomic E-state index is 11.7. The number of ether oxygens (including phenoxy) is 4. The molecule has 0 N–H and O–H groups in total. The van der Waals surface area contributed by atoms with Crippen LogP contribution in [0.4, 0.5) is 0 Å². The van der Waals surface area contributed by atoms with Gasteiger partial charge in [-0.3, -0.25) is 4.79 Å². The minimum atomic E-state index is -0.165. The minimum absolute atomic E-state index is 0.0455. The Hall–Kier alpha value is -3.18. The Morgan fingerprint density at radius 1 is 0.914 bits per heavy atom. The quantitative estimate of drug-likeness (QED) is 0.230. The first-order chi connectivity index (χ1) is 17.0. The Kier molecular flexibility index (Phi) is 10.3. The number of rotatable bonds is 13. The summed E-state index contributed by atoms with van der Waals surface area (Å²) in [6.45, 7) is 6.82. The molecule has 0 fully saturated rings. The van der Waals surface area contributed by atoms with Crippen LogP contribution in [0.25, 0.3) is 0 Å². The monoisotopic (exact) mass is 496 g/mol. The number of para-hydroxylation sites is 1. The molecule has 3 aromatic carbocycles. The molecular formula is C29H33ClO5. The molecule has 0 amide bonds. The van der Waals surface area contributed by atoms with E-state index >= 15 is 0 Å². The highest BCUT2D eigenvalue weighted by atomic mass is 35.5. The number of carbonyl (C=O) groups excluding carboxylic acids is 1. The van der Waals surface area contributed by atoms with Crippen LogP contribution in [0.15, 0.2) is 66.7 Å². The zero-order valence-corrected chi connectivity index (χ0v) is 21.3. The summed E-state index contributed by atoms with van der Waals surface area (Å²) in [6.07, 6.45) is 2.57. The fourth-order valence-electron chi connectivity index (χ4n) is 3.64. The van der Waals surface area contributed by atoms with Crippen molar-refractivity contribution in [1.29, 1.82) is 0 Å². The standard InChI is InChI=1S/C29H33ClO5/c1-4-22-19-26(14-11-23(22)12-16-29(31)32-5-2)34-21(3)17-18-33-27-15-13-24(30)20-28(27)35-25-9-7-6-8-10-25/h6-11,13-15,19-21H,4-5,12,16-18H2,1-3H3/t21-/m1/s1. The van der Waals surface area contributed by atoms with Gasteiger partial charge in [-0.15, -0.1) is 0 Å². The summed E-state index contributed by atoms with van der Waals surface area (Å²) in [6, 6.07) is 20.9. The second kappa shape index (κ2) is 13.6. The summed E-state index contributed by atoms with van der Waals surface area (Å²) in [7, 11) is 0. The van der Waals surface area contributed by atoms with E-state index < -0.39 is 0 Å². The molecule has 0 bridgehead atoms. The van der Waals surface area contributed by atoms with Crippen molar-refractivity contribution in [2.75, 3.05) is 13.2 Å². The van der Waals surface area contributed by atoms with Crippen molar-refractivity contribution in [3.05, 3.63) is 82.9 Å². The summed E-state index contributed by atoms with van der Waals surface area (Å²) in [5.74, 6) is 2.57. The van der Waals surface area contributed by atoms with Crippen molar-refractivity contribution >= 4 is 17.6 Å². The van der Waals surface area contributed by atoms with Gasteiger partial charge in [0.25, 0.3) is 0 Å². The highest BCUT2D eigenvalue weighted by Gasteiger charge is 2.12. The average molecular weight is 497 g/mol. The topological polar surface area (TPSA) is 54.0 Å². The Bertz CT molecular complexity index is 1080. The molecular weight excluding hydrogens is 464 g/mol. The Morgan fingerprint density at radius 3 is 2.46 bits per heavy atom. The number of carbonyl (C=O) groups is 1. The van der Waals surface area contributed by atoms with Crippen LogP contribution in [0, 0.1) is 0 Å². The minimum Gasteiger partial charge on any atom is -0.491 e. The van der Waals surface area contributed by atoms with Crippen molar-refractivity contribution in [3.8, 4) is 23.0 Å². The summed E-state index contributed by atoms with van der Waals surface area (Å²) < 4.78 is 23.1. The zero-order chi connectivity index (χ0) is 25.0. The Balaban J connectivity index is 1.53. The highest BCUT2D eigenvalue weighted by molar-refractivity contribution is 6.30. The molecule has 35 heavy (non-hydrogen) atoms. The van der Waals surface area contributed by atoms with E-state index in [2.05, 4.69) is 13.0 Å². The van der Waals surface area contributed by atoms with Crippen LogP contribution in [0.3, 0.4) is 0 Å². The second-order valence-corrected chi connectivity index (χ2v) is 8.60. The molecule has 0 unspecified atom stereocenters. The number of aryl methyl sites for hydroxylation is 2. The molecule has 0 saturated heterocycles. The third kappa shape index (κ3) is 8.52. The normalized spacial score (nSPS) is 11.5. The third-order valence-corrected chi connectivity index (χ3v) is 5.69. The average Bonchev–Trinajstić information content (AvgIpc) is 2.85. The molecule has 0 spiro atoms. The van der Waals surface area contributed by atoms with E-state index in [0.29, 0.717) is 54.7 Å². The Labute approximate surface area is 212 Å². The van der Waals surface area contributed by atoms with Crippen molar-refractivity contribution < 1.29 is 23.7 Å². The number of hydrogen-bond donors (Lipinski definition) is 0. The summed E-state index contributed by atoms with van der Waals surface area (Å²) in [5.41, 5.74) is 2.33. The second-order valence-electron chi connectivity index (χ2n) is 8.16. The Morgan fingerprint density at radius 2 is 1.71 bits per heavy atom. The summed E-state index contributed by atoms with van der Waals surface area (Å²) >= 11 is 6.16. The van der Waals surface area contributed by atoms with Gasteiger partial charge < -0.3 is 18.9 Å². The van der Waals surface area contributed by atoms with Crippen LogP contribution in [-0.4, -0.2) is 25.3 Å². The fraction of sp³-hybridized carbons (Fsp3) is 0.345. The van der Waals surface area contributed by atoms with Crippen LogP contribution >= 0.6 is 11.6 Å². The molecule has 0 aliphatic rings. The van der Waals surface area contributed by atoms with Gasteiger partial charge in [0.15, 0.2) is 11.5 Å². The smallest absolute Gasteiger partial charge is 0.306 e. The van der Waals surface area contributed by atoms with Gasteiger partial charge in [-0.25, -0.2) is 0 Å². The molecule has 3 aromatic rings. The summed E-state index contributed by atoms with van der Waals surface area (Å²) in [4.78, 5) is 11.7. The van der Waals surface area contributed by atoms with Crippen LogP contribution in [-0.2, 0) is 22.4 Å². The van der Waals surface area contributed by atoms with Crippen molar-refractivity contribution in [2.24, 2.45) is 0 Å². The van der Waals surface area contributed by atoms with Gasteiger partial charge in [-0.2, -0.15) is 0 Å². The molecule has 0 aromatic heterocycles. The lowest BCUT2D eigenvalue weighted by Crippen LogP contribution is -2.16. The SMILES string of the molecule is CCOC(=O)CCc1ccc(O[C@H](C)CCOc2ccc(Cl)cc2Oc2ccccc2)cc1CC. The lowest BCUT2D eigenvalue weighted by molar-refractivity contribution is -0.143. The van der Waals surface area contributed by atoms with Gasteiger partial charge >= 0.3 is 5.97 Å². The first-order valence-corrected chi connectivity index (χ1v) is 12.5. The van der Waals surface area contributed by atoms with Crippen molar-refractivity contribution in [1.82, 2.24) is 0 Å². The first kappa shape index (κ1) is 26.4. The molecule has 3 rings (SSSR count). The zero-order valence-electron chi connectivity index (χ0n) is 20.6. The third-order valence-electron chi connectivity index (χ3n) is 5.46. The molecule has 186 valence electrons. The maximum absolute atomic E-state index is 11.7. The van der Waals surface area contributed by atoms with Crippen molar-refractivity contribution in [2.45, 2.75) is 52.6 Å². The van der Waals surface area contributed by atoms with Crippen LogP contribution in [0.2, 0.25) is 5.02 Å². The van der Waals surface area contributed by atoms with E-state index in [1.807, 2.05) is 62.4 Å². The van der Waals surface area contributed by atoms with Gasteiger partial charge in [0.1, 0.15) is 11.5 Å². The van der Waals surface area contributed by atoms with E-state index in [0.717, 1.165) is 17.7 Å². The van der Waals surface area contributed by atoms with Gasteiger partial charge in [0, 0.05) is 23.9 Å². The molecule has 0 aliphatic carbocycles. The number of esters is 1. The predicted octanol–water partition coefficient (Wildman–Crippen LogP) is 7.43. The van der Waals surface area contributed by atoms with E-state index in [1.165, 1.54) is 5.56 Å². The number of benzene rings is 3. The predicted molar refractivity (Wildman–Crippen MR) is 139 cm³/mol. The molecule has 5 nitrogen and oxygen atoms in total. The lowest BCUT2D eigenvalue weighted by Gasteiger charge is -2.18. The number of halogens is 1. The molecule has 0 radical (unpaired) electrons. The van der Waals surface area contributed by atoms with Gasteiger partial charge in [-0.1, -0.05) is 42.8 Å². The molecule has 0 saturated carbocycles. The van der Waals surface area contributed by atoms with Gasteiger partial charge in [0.2, 0.25) is 0 Å². The largest absolute Gasteiger partial charge is 0.491 e. The van der Waals surface area contributed by atoms with Crippen LogP contribution in [0.5, 0.6) is 23.0 Å². The molecule has 6 heteroatoms. The van der Waals surface area contributed by atoms with Crippen LogP contribution in [0.1, 0.15) is 44.7 Å². The number of hydrogen-bond acceptors (Lipinski definition) is 5. The van der Waals surface area contributed by atoms with Gasteiger partial charge in [-0.05, 0) is 74.2 Å². The van der Waals surface area contributed by atoms with Crippen LogP contribution < -0.4 is 14.2 Å². The summed E-state index contributed by atoms with van der Waals surface area (Å²) in [5, 5.41) is 0.581. The van der Waals surface area contributed by atoms with E-state index in [-0.39, 0.29) is 12.1 Å². The van der Waals surface area contributed by atoms with E-state index in [9.17, 15) is 4.79 Å². The first-order valence-electron chi connectivity index (χ1n) is 12.1. The molecule has 0 heterocycles. The fourth-order valence-corrected chi connectivity index (χ4v) is 3.80. The molecule has 1 atom stereocenters.